The zero-order valence-corrected chi connectivity index (χ0v) is 22.4. The topological polar surface area (TPSA) is 146 Å². The van der Waals surface area contributed by atoms with E-state index in [1.54, 1.807) is 6.07 Å². The monoisotopic (exact) mass is 628 g/mol. The van der Waals surface area contributed by atoms with Crippen molar-refractivity contribution in [3.8, 4) is 17.6 Å². The lowest BCUT2D eigenvalue weighted by atomic mass is 10.2. The predicted molar refractivity (Wildman–Crippen MR) is 133 cm³/mol. The number of methoxy groups -OCH3 is 2. The first-order chi connectivity index (χ1) is 16.5. The van der Waals surface area contributed by atoms with Gasteiger partial charge in [0.15, 0.2) is 11.6 Å². The van der Waals surface area contributed by atoms with Gasteiger partial charge in [-0.15, -0.1) is 0 Å². The second kappa shape index (κ2) is 11.0. The quantitative estimate of drug-likeness (QED) is 0.279. The largest absolute Gasteiger partial charge is 0.481 e. The summed E-state index contributed by atoms with van der Waals surface area (Å²) in [4.78, 5) is 32.1. The maximum absolute atomic E-state index is 12.9. The zero-order valence-electron chi connectivity index (χ0n) is 18.5. The Bertz CT molecular complexity index is 1360. The molecule has 0 aliphatic heterocycles. The molecule has 1 amide bonds. The van der Waals surface area contributed by atoms with E-state index in [0.717, 1.165) is 0 Å². The summed E-state index contributed by atoms with van der Waals surface area (Å²) in [7, 11) is -1.32. The summed E-state index contributed by atoms with van der Waals surface area (Å²) in [6.07, 6.45) is 0. The normalized spacial score (nSPS) is 10.9. The minimum atomic E-state index is -4.03. The van der Waals surface area contributed by atoms with Gasteiger partial charge in [0, 0.05) is 23.2 Å². The van der Waals surface area contributed by atoms with Gasteiger partial charge in [0.2, 0.25) is 5.88 Å². The van der Waals surface area contributed by atoms with Gasteiger partial charge in [0.1, 0.15) is 0 Å². The lowest BCUT2D eigenvalue weighted by molar-refractivity contribution is -0.131. The molecule has 0 unspecified atom stereocenters. The van der Waals surface area contributed by atoms with Crippen LogP contribution in [0.1, 0.15) is 17.3 Å². The highest BCUT2D eigenvalue weighted by molar-refractivity contribution is 9.11. The lowest BCUT2D eigenvalue weighted by Crippen LogP contribution is -2.16. The van der Waals surface area contributed by atoms with E-state index >= 15 is 0 Å². The fourth-order valence-electron chi connectivity index (χ4n) is 2.74. The van der Waals surface area contributed by atoms with Crippen LogP contribution in [0.4, 0.5) is 11.5 Å². The molecule has 2 aromatic carbocycles. The number of ether oxygens (including phenoxy) is 3. The van der Waals surface area contributed by atoms with Gasteiger partial charge in [-0.2, -0.15) is 9.97 Å². The Kier molecular flexibility index (Phi) is 8.30. The number of halogens is 2. The van der Waals surface area contributed by atoms with Gasteiger partial charge in [-0.3, -0.25) is 14.3 Å². The van der Waals surface area contributed by atoms with Crippen LogP contribution in [-0.2, 0) is 14.8 Å². The van der Waals surface area contributed by atoms with E-state index in [1.165, 1.54) is 57.5 Å². The number of esters is 1. The van der Waals surface area contributed by atoms with Gasteiger partial charge in [0.05, 0.1) is 29.2 Å². The summed E-state index contributed by atoms with van der Waals surface area (Å²) in [5, 5.41) is 2.64. The number of rotatable bonds is 8. The molecule has 3 rings (SSSR count). The number of nitrogens with one attached hydrogen (secondary N) is 2. The molecular formula is C21H18Br2N4O7S. The average molecular weight is 630 g/mol. The van der Waals surface area contributed by atoms with Gasteiger partial charge >= 0.3 is 12.0 Å². The van der Waals surface area contributed by atoms with Crippen molar-refractivity contribution < 1.29 is 32.2 Å². The SMILES string of the molecule is COc1cc(NS(=O)(=O)c2ccc(NC(=O)c3cc(Br)cc(Br)c3OC(C)=O)cc2)nc(OC)n1. The summed E-state index contributed by atoms with van der Waals surface area (Å²) in [6, 6.07) is 9.77. The average Bonchev–Trinajstić information content (AvgIpc) is 2.80. The van der Waals surface area contributed by atoms with Crippen LogP contribution in [0.5, 0.6) is 17.6 Å². The highest BCUT2D eigenvalue weighted by Gasteiger charge is 2.20. The highest BCUT2D eigenvalue weighted by atomic mass is 79.9. The molecule has 0 fully saturated rings. The minimum absolute atomic E-state index is 0.0516. The second-order valence-corrected chi connectivity index (χ2v) is 10.2. The van der Waals surface area contributed by atoms with Crippen molar-refractivity contribution in [2.75, 3.05) is 24.3 Å². The number of anilines is 2. The molecule has 0 saturated heterocycles. The smallest absolute Gasteiger partial charge is 0.321 e. The van der Waals surface area contributed by atoms with Crippen LogP contribution in [0.25, 0.3) is 0 Å². The van der Waals surface area contributed by atoms with Crippen LogP contribution < -0.4 is 24.2 Å². The maximum Gasteiger partial charge on any atom is 0.321 e. The van der Waals surface area contributed by atoms with E-state index in [1.807, 2.05) is 0 Å². The van der Waals surface area contributed by atoms with Crippen molar-refractivity contribution >= 4 is 65.3 Å². The number of carbonyl (C=O) groups is 2. The molecule has 184 valence electrons. The third kappa shape index (κ3) is 6.68. The fraction of sp³-hybridized carbons (Fsp3) is 0.143. The van der Waals surface area contributed by atoms with E-state index in [0.29, 0.717) is 14.6 Å². The predicted octanol–water partition coefficient (Wildman–Crippen LogP) is 4.00. The number of aromatic nitrogens is 2. The summed E-state index contributed by atoms with van der Waals surface area (Å²) in [5.74, 6) is -1.05. The summed E-state index contributed by atoms with van der Waals surface area (Å²) < 4.78 is 44.0. The van der Waals surface area contributed by atoms with Crippen molar-refractivity contribution in [2.45, 2.75) is 11.8 Å². The Morgan fingerprint density at radius 1 is 0.971 bits per heavy atom. The second-order valence-electron chi connectivity index (χ2n) is 6.72. The minimum Gasteiger partial charge on any atom is -0.481 e. The molecule has 0 spiro atoms. The molecule has 3 aromatic rings. The molecular weight excluding hydrogens is 612 g/mol. The van der Waals surface area contributed by atoms with Crippen LogP contribution >= 0.6 is 31.9 Å². The first-order valence-electron chi connectivity index (χ1n) is 9.61. The number of amides is 1. The van der Waals surface area contributed by atoms with Crippen LogP contribution in [0.3, 0.4) is 0 Å². The zero-order chi connectivity index (χ0) is 25.8. The van der Waals surface area contributed by atoms with Crippen LogP contribution in [0.15, 0.2) is 56.3 Å². The van der Waals surface area contributed by atoms with E-state index in [2.05, 4.69) is 51.9 Å². The molecule has 0 radical (unpaired) electrons. The van der Waals surface area contributed by atoms with Crippen molar-refractivity contribution in [2.24, 2.45) is 0 Å². The molecule has 0 aliphatic carbocycles. The number of sulfonamides is 1. The van der Waals surface area contributed by atoms with Crippen molar-refractivity contribution in [3.05, 3.63) is 57.0 Å². The maximum atomic E-state index is 12.9. The third-order valence-electron chi connectivity index (χ3n) is 4.23. The number of nitrogens with zero attached hydrogens (tertiary/aromatic N) is 2. The number of benzene rings is 2. The summed E-state index contributed by atoms with van der Waals surface area (Å²) in [6.45, 7) is 1.22. The molecule has 2 N–H and O–H groups in total. The van der Waals surface area contributed by atoms with E-state index in [-0.39, 0.29) is 33.9 Å². The van der Waals surface area contributed by atoms with Crippen molar-refractivity contribution in [1.82, 2.24) is 9.97 Å². The molecule has 35 heavy (non-hydrogen) atoms. The van der Waals surface area contributed by atoms with Crippen LogP contribution in [0.2, 0.25) is 0 Å². The Hall–Kier alpha value is -3.23. The molecule has 1 aromatic heterocycles. The first-order valence-corrected chi connectivity index (χ1v) is 12.7. The Labute approximate surface area is 217 Å². The summed E-state index contributed by atoms with van der Waals surface area (Å²) in [5.41, 5.74) is 0.399. The number of carbonyl (C=O) groups excluding carboxylic acids is 2. The van der Waals surface area contributed by atoms with Crippen LogP contribution in [-0.4, -0.2) is 44.5 Å². The third-order valence-corrected chi connectivity index (χ3v) is 6.65. The van der Waals surface area contributed by atoms with Crippen LogP contribution in [0, 0.1) is 0 Å². The van der Waals surface area contributed by atoms with Crippen molar-refractivity contribution in [3.63, 3.8) is 0 Å². The first kappa shape index (κ1) is 26.4. The molecule has 11 nitrogen and oxygen atoms in total. The lowest BCUT2D eigenvalue weighted by Gasteiger charge is -2.13. The number of hydrogen-bond acceptors (Lipinski definition) is 9. The standard InChI is InChI=1S/C21H18Br2N4O7S/c1-11(28)34-19-15(8-12(22)9-16(19)23)20(29)24-13-4-6-14(7-5-13)35(30,31)27-17-10-18(32-2)26-21(25-17)33-3/h4-10H,1-3H3,(H,24,29)(H,25,26,27). The molecule has 0 saturated carbocycles. The van der Waals surface area contributed by atoms with E-state index < -0.39 is 21.9 Å². The van der Waals surface area contributed by atoms with E-state index in [4.69, 9.17) is 14.2 Å². The number of hydrogen-bond donors (Lipinski definition) is 2. The van der Waals surface area contributed by atoms with Crippen molar-refractivity contribution in [1.29, 1.82) is 0 Å². The molecule has 14 heteroatoms. The van der Waals surface area contributed by atoms with Gasteiger partial charge in [-0.1, -0.05) is 15.9 Å². The van der Waals surface area contributed by atoms with Gasteiger partial charge in [-0.05, 0) is 52.3 Å². The van der Waals surface area contributed by atoms with Gasteiger partial charge in [0.25, 0.3) is 15.9 Å². The summed E-state index contributed by atoms with van der Waals surface area (Å²) >= 11 is 6.57. The Balaban J connectivity index is 1.81. The Morgan fingerprint density at radius 3 is 2.26 bits per heavy atom. The molecule has 0 aliphatic rings. The molecule has 1 heterocycles. The highest BCUT2D eigenvalue weighted by Crippen LogP contribution is 2.33. The molecule has 0 atom stereocenters. The van der Waals surface area contributed by atoms with Gasteiger partial charge < -0.3 is 19.5 Å². The molecule has 0 bridgehead atoms. The van der Waals surface area contributed by atoms with E-state index in [9.17, 15) is 18.0 Å². The Morgan fingerprint density at radius 2 is 1.66 bits per heavy atom. The fourth-order valence-corrected chi connectivity index (χ4v) is 5.04. The van der Waals surface area contributed by atoms with Gasteiger partial charge in [-0.25, -0.2) is 8.42 Å².